The predicted octanol–water partition coefficient (Wildman–Crippen LogP) is 1.16. The van der Waals surface area contributed by atoms with Crippen molar-refractivity contribution in [2.45, 2.75) is 39.8 Å². The van der Waals surface area contributed by atoms with Crippen molar-refractivity contribution in [3.8, 4) is 0 Å². The van der Waals surface area contributed by atoms with E-state index in [1.807, 2.05) is 6.92 Å². The SMILES string of the molecule is CC(N(C)C(=O)NC1COCC1C(=O)O)C(C)(C)C. The van der Waals surface area contributed by atoms with Gasteiger partial charge in [0.15, 0.2) is 0 Å². The molecule has 0 aromatic heterocycles. The van der Waals surface area contributed by atoms with Crippen LogP contribution in [0.2, 0.25) is 0 Å². The number of nitrogens with one attached hydrogen (secondary N) is 1. The third-order valence-corrected chi connectivity index (χ3v) is 3.86. The number of rotatable bonds is 3. The largest absolute Gasteiger partial charge is 0.481 e. The summed E-state index contributed by atoms with van der Waals surface area (Å²) in [5.41, 5.74) is -0.0372. The molecular formula is C13H24N2O4. The minimum atomic E-state index is -0.936. The van der Waals surface area contributed by atoms with Crippen molar-refractivity contribution in [3.05, 3.63) is 0 Å². The van der Waals surface area contributed by atoms with Crippen molar-refractivity contribution in [3.63, 3.8) is 0 Å². The third-order valence-electron chi connectivity index (χ3n) is 3.86. The van der Waals surface area contributed by atoms with Crippen molar-refractivity contribution in [1.82, 2.24) is 10.2 Å². The van der Waals surface area contributed by atoms with Gasteiger partial charge in [-0.25, -0.2) is 4.79 Å². The number of urea groups is 1. The lowest BCUT2D eigenvalue weighted by atomic mass is 9.87. The lowest BCUT2D eigenvalue weighted by Crippen LogP contribution is -2.52. The zero-order valence-electron chi connectivity index (χ0n) is 12.3. The lowest BCUT2D eigenvalue weighted by Gasteiger charge is -2.36. The molecule has 3 atom stereocenters. The Morgan fingerprint density at radius 1 is 1.37 bits per heavy atom. The maximum atomic E-state index is 12.1. The Hall–Kier alpha value is -1.30. The molecular weight excluding hydrogens is 248 g/mol. The average molecular weight is 272 g/mol. The molecule has 1 aliphatic heterocycles. The minimum absolute atomic E-state index is 0.0372. The van der Waals surface area contributed by atoms with Crippen LogP contribution in [0.3, 0.4) is 0 Å². The monoisotopic (exact) mass is 272 g/mol. The van der Waals surface area contributed by atoms with Gasteiger partial charge in [0.1, 0.15) is 5.92 Å². The molecule has 0 aromatic rings. The van der Waals surface area contributed by atoms with Gasteiger partial charge in [-0.2, -0.15) is 0 Å². The Labute approximate surface area is 114 Å². The van der Waals surface area contributed by atoms with E-state index in [9.17, 15) is 9.59 Å². The first-order valence-electron chi connectivity index (χ1n) is 6.48. The molecule has 19 heavy (non-hydrogen) atoms. The smallest absolute Gasteiger partial charge is 0.317 e. The van der Waals surface area contributed by atoms with Gasteiger partial charge in [0.25, 0.3) is 0 Å². The average Bonchev–Trinajstić information content (AvgIpc) is 2.73. The molecule has 1 aliphatic rings. The Kier molecular flexibility index (Phi) is 4.79. The van der Waals surface area contributed by atoms with Gasteiger partial charge in [-0.3, -0.25) is 4.79 Å². The van der Waals surface area contributed by atoms with E-state index in [0.29, 0.717) is 0 Å². The number of nitrogens with zero attached hydrogens (tertiary/aromatic N) is 1. The summed E-state index contributed by atoms with van der Waals surface area (Å²) in [4.78, 5) is 24.7. The van der Waals surface area contributed by atoms with Crippen LogP contribution in [0.5, 0.6) is 0 Å². The normalized spacial score (nSPS) is 24.9. The van der Waals surface area contributed by atoms with E-state index in [-0.39, 0.29) is 30.7 Å². The molecule has 0 saturated carbocycles. The number of hydrogen-bond donors (Lipinski definition) is 2. The van der Waals surface area contributed by atoms with Gasteiger partial charge >= 0.3 is 12.0 Å². The van der Waals surface area contributed by atoms with Crippen molar-refractivity contribution in [1.29, 1.82) is 0 Å². The molecule has 2 N–H and O–H groups in total. The maximum absolute atomic E-state index is 12.1. The van der Waals surface area contributed by atoms with Gasteiger partial charge in [0.2, 0.25) is 0 Å². The molecule has 0 spiro atoms. The second kappa shape index (κ2) is 5.77. The summed E-state index contributed by atoms with van der Waals surface area (Å²) in [6.07, 6.45) is 0. The Morgan fingerprint density at radius 2 is 1.95 bits per heavy atom. The van der Waals surface area contributed by atoms with Crippen molar-refractivity contribution >= 4 is 12.0 Å². The van der Waals surface area contributed by atoms with E-state index in [2.05, 4.69) is 26.1 Å². The number of hydrogen-bond acceptors (Lipinski definition) is 3. The van der Waals surface area contributed by atoms with Crippen LogP contribution in [0.1, 0.15) is 27.7 Å². The highest BCUT2D eigenvalue weighted by Crippen LogP contribution is 2.23. The van der Waals surface area contributed by atoms with E-state index in [0.717, 1.165) is 0 Å². The summed E-state index contributed by atoms with van der Waals surface area (Å²) in [5.74, 6) is -1.60. The van der Waals surface area contributed by atoms with E-state index in [1.54, 1.807) is 11.9 Å². The lowest BCUT2D eigenvalue weighted by molar-refractivity contribution is -0.142. The number of carboxylic acids is 1. The molecule has 1 heterocycles. The molecule has 6 nitrogen and oxygen atoms in total. The summed E-state index contributed by atoms with van der Waals surface area (Å²) in [6, 6.07) is -0.679. The van der Waals surface area contributed by atoms with Crippen LogP contribution in [-0.4, -0.2) is 54.4 Å². The highest BCUT2D eigenvalue weighted by Gasteiger charge is 2.36. The standard InChI is InChI=1S/C13H24N2O4/c1-8(13(2,3)4)15(5)12(18)14-10-7-19-6-9(10)11(16)17/h8-10H,6-7H2,1-5H3,(H,14,18)(H,16,17). The van der Waals surface area contributed by atoms with Crippen LogP contribution in [0, 0.1) is 11.3 Å². The molecule has 3 unspecified atom stereocenters. The zero-order valence-corrected chi connectivity index (χ0v) is 12.3. The van der Waals surface area contributed by atoms with Crippen LogP contribution in [0.15, 0.2) is 0 Å². The van der Waals surface area contributed by atoms with Crippen LogP contribution in [-0.2, 0) is 9.53 Å². The highest BCUT2D eigenvalue weighted by atomic mass is 16.5. The molecule has 1 rings (SSSR count). The van der Waals surface area contributed by atoms with Crippen molar-refractivity contribution < 1.29 is 19.4 Å². The molecule has 1 fully saturated rings. The van der Waals surface area contributed by atoms with Crippen molar-refractivity contribution in [2.75, 3.05) is 20.3 Å². The van der Waals surface area contributed by atoms with Crippen LogP contribution in [0.25, 0.3) is 0 Å². The number of carbonyl (C=O) groups is 2. The van der Waals surface area contributed by atoms with Gasteiger partial charge in [-0.1, -0.05) is 20.8 Å². The Balaban J connectivity index is 2.62. The van der Waals surface area contributed by atoms with E-state index < -0.39 is 17.9 Å². The third kappa shape index (κ3) is 3.83. The van der Waals surface area contributed by atoms with Crippen molar-refractivity contribution in [2.24, 2.45) is 11.3 Å². The van der Waals surface area contributed by atoms with E-state index in [4.69, 9.17) is 9.84 Å². The van der Waals surface area contributed by atoms with Crippen LogP contribution in [0.4, 0.5) is 4.79 Å². The molecule has 1 saturated heterocycles. The predicted molar refractivity (Wildman–Crippen MR) is 70.9 cm³/mol. The molecule has 0 aliphatic carbocycles. The minimum Gasteiger partial charge on any atom is -0.481 e. The fourth-order valence-electron chi connectivity index (χ4n) is 1.96. The first-order chi connectivity index (χ1) is 8.64. The first-order valence-corrected chi connectivity index (χ1v) is 6.48. The Bertz CT molecular complexity index is 351. The van der Waals surface area contributed by atoms with E-state index >= 15 is 0 Å². The second-order valence-corrected chi connectivity index (χ2v) is 6.19. The quantitative estimate of drug-likeness (QED) is 0.808. The number of amides is 2. The van der Waals surface area contributed by atoms with Gasteiger partial charge in [-0.05, 0) is 12.3 Å². The summed E-state index contributed by atoms with van der Waals surface area (Å²) >= 11 is 0. The van der Waals surface area contributed by atoms with Gasteiger partial charge in [0, 0.05) is 13.1 Å². The molecule has 110 valence electrons. The van der Waals surface area contributed by atoms with Gasteiger partial charge in [0.05, 0.1) is 19.3 Å². The molecule has 2 amide bonds. The van der Waals surface area contributed by atoms with Crippen LogP contribution >= 0.6 is 0 Å². The maximum Gasteiger partial charge on any atom is 0.317 e. The number of carboxylic acid groups (broad SMARTS) is 1. The summed E-state index contributed by atoms with van der Waals surface area (Å²) < 4.78 is 5.13. The summed E-state index contributed by atoms with van der Waals surface area (Å²) in [7, 11) is 1.72. The van der Waals surface area contributed by atoms with E-state index in [1.165, 1.54) is 0 Å². The molecule has 0 radical (unpaired) electrons. The molecule has 6 heteroatoms. The highest BCUT2D eigenvalue weighted by molar-refractivity contribution is 5.77. The summed E-state index contributed by atoms with van der Waals surface area (Å²) in [5, 5.41) is 11.8. The second-order valence-electron chi connectivity index (χ2n) is 6.19. The zero-order chi connectivity index (χ0) is 14.8. The molecule has 0 bridgehead atoms. The Morgan fingerprint density at radius 3 is 2.42 bits per heavy atom. The molecule has 0 aromatic carbocycles. The number of carbonyl (C=O) groups excluding carboxylic acids is 1. The summed E-state index contributed by atoms with van der Waals surface area (Å²) in [6.45, 7) is 8.54. The topological polar surface area (TPSA) is 78.9 Å². The fraction of sp³-hybridized carbons (Fsp3) is 0.846. The first kappa shape index (κ1) is 15.8. The number of aliphatic carboxylic acids is 1. The number of ether oxygens (including phenoxy) is 1. The van der Waals surface area contributed by atoms with Crippen LogP contribution < -0.4 is 5.32 Å². The van der Waals surface area contributed by atoms with Gasteiger partial charge < -0.3 is 20.1 Å². The van der Waals surface area contributed by atoms with Gasteiger partial charge in [-0.15, -0.1) is 0 Å². The fourth-order valence-corrected chi connectivity index (χ4v) is 1.96.